The molecule has 10 heteroatoms. The molecule has 0 saturated carbocycles. The maximum atomic E-state index is 10.9. The van der Waals surface area contributed by atoms with E-state index in [1.54, 1.807) is 0 Å². The number of hydrogen-bond donors (Lipinski definition) is 0. The summed E-state index contributed by atoms with van der Waals surface area (Å²) in [5.74, 6) is -0.279. The third kappa shape index (κ3) is 27.2. The quantitative estimate of drug-likeness (QED) is 0.130. The Bertz CT molecular complexity index is 371. The number of ether oxygens (including phenoxy) is 9. The predicted molar refractivity (Wildman–Crippen MR) is 118 cm³/mol. The van der Waals surface area contributed by atoms with Crippen LogP contribution in [0.5, 0.6) is 0 Å². The minimum atomic E-state index is -0.279. The summed E-state index contributed by atoms with van der Waals surface area (Å²) in [6.45, 7) is 10.6. The van der Waals surface area contributed by atoms with Crippen LogP contribution in [0, 0.1) is 0 Å². The van der Waals surface area contributed by atoms with Crippen LogP contribution in [-0.2, 0) is 47.4 Å². The Hall–Kier alpha value is -0.850. The van der Waals surface area contributed by atoms with E-state index in [9.17, 15) is 4.79 Å². The van der Waals surface area contributed by atoms with Gasteiger partial charge >= 0.3 is 5.97 Å². The molecule has 0 rings (SSSR count). The van der Waals surface area contributed by atoms with E-state index in [2.05, 4.69) is 11.7 Å². The number of hydrogen-bond acceptors (Lipinski definition) is 10. The Labute approximate surface area is 193 Å². The molecule has 0 heterocycles. The second kappa shape index (κ2) is 28.2. The van der Waals surface area contributed by atoms with Gasteiger partial charge in [0.05, 0.1) is 113 Å². The summed E-state index contributed by atoms with van der Waals surface area (Å²) < 4.78 is 47.6. The maximum Gasteiger partial charge on any atom is 0.307 e. The average Bonchev–Trinajstić information content (AvgIpc) is 2.81. The maximum absolute atomic E-state index is 10.9. The van der Waals surface area contributed by atoms with Crippen LogP contribution in [0.15, 0.2) is 0 Å². The van der Waals surface area contributed by atoms with Crippen molar-refractivity contribution < 1.29 is 47.4 Å². The fourth-order valence-corrected chi connectivity index (χ4v) is 2.15. The highest BCUT2D eigenvalue weighted by Crippen LogP contribution is 1.89. The number of carbonyl (C=O) groups is 1. The van der Waals surface area contributed by atoms with Crippen molar-refractivity contribution in [1.82, 2.24) is 0 Å². The van der Waals surface area contributed by atoms with Crippen molar-refractivity contribution in [2.24, 2.45) is 0 Å². The first-order valence-electron chi connectivity index (χ1n) is 11.5. The molecule has 32 heavy (non-hydrogen) atoms. The van der Waals surface area contributed by atoms with Gasteiger partial charge in [0.1, 0.15) is 0 Å². The predicted octanol–water partition coefficient (Wildman–Crippen LogP) is 1.48. The van der Waals surface area contributed by atoms with Gasteiger partial charge in [-0.1, -0.05) is 13.3 Å². The molecule has 0 fully saturated rings. The van der Waals surface area contributed by atoms with Crippen LogP contribution < -0.4 is 0 Å². The SMILES string of the molecule is CCCCOCCOCCOCCOCCOCCOCCOCCOCCC(=O)OC. The van der Waals surface area contributed by atoms with Crippen LogP contribution in [0.4, 0.5) is 0 Å². The lowest BCUT2D eigenvalue weighted by Gasteiger charge is -2.08. The Kier molecular flexibility index (Phi) is 27.4. The number of methoxy groups -OCH3 is 1. The van der Waals surface area contributed by atoms with Crippen molar-refractivity contribution in [2.75, 3.05) is 113 Å². The highest BCUT2D eigenvalue weighted by molar-refractivity contribution is 5.69. The fourth-order valence-electron chi connectivity index (χ4n) is 2.15. The average molecular weight is 469 g/mol. The van der Waals surface area contributed by atoms with E-state index in [0.717, 1.165) is 19.4 Å². The van der Waals surface area contributed by atoms with Gasteiger partial charge in [0.15, 0.2) is 0 Å². The molecule has 0 aromatic heterocycles. The first kappa shape index (κ1) is 31.1. The van der Waals surface area contributed by atoms with Crippen molar-refractivity contribution >= 4 is 5.97 Å². The molecule has 0 unspecified atom stereocenters. The lowest BCUT2D eigenvalue weighted by Crippen LogP contribution is -2.15. The topological polar surface area (TPSA) is 100 Å². The van der Waals surface area contributed by atoms with Gasteiger partial charge in [-0.2, -0.15) is 0 Å². The summed E-state index contributed by atoms with van der Waals surface area (Å²) in [5.41, 5.74) is 0. The van der Waals surface area contributed by atoms with Crippen LogP contribution in [0.25, 0.3) is 0 Å². The molecule has 0 N–H and O–H groups in total. The van der Waals surface area contributed by atoms with Crippen LogP contribution in [-0.4, -0.2) is 119 Å². The van der Waals surface area contributed by atoms with Crippen molar-refractivity contribution in [2.45, 2.75) is 26.2 Å². The van der Waals surface area contributed by atoms with Crippen LogP contribution in [0.2, 0.25) is 0 Å². The van der Waals surface area contributed by atoms with Crippen molar-refractivity contribution in [3.63, 3.8) is 0 Å². The van der Waals surface area contributed by atoms with E-state index in [4.69, 9.17) is 37.9 Å². The van der Waals surface area contributed by atoms with E-state index < -0.39 is 0 Å². The Morgan fingerprint density at radius 1 is 0.469 bits per heavy atom. The minimum Gasteiger partial charge on any atom is -0.469 e. The first-order valence-corrected chi connectivity index (χ1v) is 11.5. The van der Waals surface area contributed by atoms with Crippen molar-refractivity contribution in [3.8, 4) is 0 Å². The zero-order valence-electron chi connectivity index (χ0n) is 20.0. The second-order valence-electron chi connectivity index (χ2n) is 6.58. The van der Waals surface area contributed by atoms with Crippen LogP contribution >= 0.6 is 0 Å². The standard InChI is InChI=1S/C22H44O10/c1-3-4-6-25-8-10-27-12-14-29-16-18-31-20-21-32-19-17-30-15-13-28-11-9-26-7-5-22(23)24-2/h3-21H2,1-2H3. The molecule has 0 bridgehead atoms. The van der Waals surface area contributed by atoms with Gasteiger partial charge in [-0.25, -0.2) is 0 Å². The summed E-state index contributed by atoms with van der Waals surface area (Å²) in [5, 5.41) is 0. The highest BCUT2D eigenvalue weighted by atomic mass is 16.6. The molecular formula is C22H44O10. The van der Waals surface area contributed by atoms with Crippen molar-refractivity contribution in [3.05, 3.63) is 0 Å². The number of unbranched alkanes of at least 4 members (excludes halogenated alkanes) is 1. The number of carbonyl (C=O) groups excluding carboxylic acids is 1. The molecule has 192 valence electrons. The fraction of sp³-hybridized carbons (Fsp3) is 0.955. The smallest absolute Gasteiger partial charge is 0.307 e. The lowest BCUT2D eigenvalue weighted by molar-refractivity contribution is -0.141. The van der Waals surface area contributed by atoms with Gasteiger partial charge in [-0.3, -0.25) is 4.79 Å². The van der Waals surface area contributed by atoms with Crippen LogP contribution in [0.1, 0.15) is 26.2 Å². The lowest BCUT2D eigenvalue weighted by atomic mass is 10.4. The summed E-state index contributed by atoms with van der Waals surface area (Å²) in [4.78, 5) is 10.9. The molecule has 0 aromatic carbocycles. The Morgan fingerprint density at radius 3 is 1.03 bits per heavy atom. The highest BCUT2D eigenvalue weighted by Gasteiger charge is 1.99. The van der Waals surface area contributed by atoms with E-state index in [0.29, 0.717) is 99.1 Å². The molecule has 0 saturated heterocycles. The molecular weight excluding hydrogens is 424 g/mol. The van der Waals surface area contributed by atoms with Gasteiger partial charge in [-0.15, -0.1) is 0 Å². The third-order valence-electron chi connectivity index (χ3n) is 3.92. The van der Waals surface area contributed by atoms with E-state index >= 15 is 0 Å². The van der Waals surface area contributed by atoms with Crippen molar-refractivity contribution in [1.29, 1.82) is 0 Å². The first-order chi connectivity index (χ1) is 15.8. The molecule has 10 nitrogen and oxygen atoms in total. The Balaban J connectivity index is 3.02. The molecule has 0 amide bonds. The summed E-state index contributed by atoms with van der Waals surface area (Å²) >= 11 is 0. The zero-order valence-corrected chi connectivity index (χ0v) is 20.0. The summed E-state index contributed by atoms with van der Waals surface area (Å²) in [6, 6.07) is 0. The largest absolute Gasteiger partial charge is 0.469 e. The normalized spacial score (nSPS) is 11.2. The molecule has 0 aliphatic heterocycles. The number of rotatable bonds is 27. The second-order valence-corrected chi connectivity index (χ2v) is 6.58. The Morgan fingerprint density at radius 2 is 0.750 bits per heavy atom. The molecule has 0 aliphatic rings. The molecule has 0 radical (unpaired) electrons. The molecule has 0 aromatic rings. The molecule has 0 aliphatic carbocycles. The van der Waals surface area contributed by atoms with Gasteiger partial charge in [0, 0.05) is 6.61 Å². The molecule has 0 spiro atoms. The monoisotopic (exact) mass is 468 g/mol. The summed E-state index contributed by atoms with van der Waals surface area (Å²) in [6.07, 6.45) is 2.50. The minimum absolute atomic E-state index is 0.254. The van der Waals surface area contributed by atoms with E-state index in [1.807, 2.05) is 0 Å². The zero-order chi connectivity index (χ0) is 23.4. The molecule has 0 atom stereocenters. The van der Waals surface area contributed by atoms with Gasteiger partial charge in [0.25, 0.3) is 0 Å². The van der Waals surface area contributed by atoms with E-state index in [1.165, 1.54) is 7.11 Å². The summed E-state index contributed by atoms with van der Waals surface area (Å²) in [7, 11) is 1.36. The number of esters is 1. The van der Waals surface area contributed by atoms with E-state index in [-0.39, 0.29) is 12.4 Å². The van der Waals surface area contributed by atoms with Crippen LogP contribution in [0.3, 0.4) is 0 Å². The van der Waals surface area contributed by atoms with Gasteiger partial charge in [0.2, 0.25) is 0 Å². The van der Waals surface area contributed by atoms with Gasteiger partial charge in [-0.05, 0) is 6.42 Å². The third-order valence-corrected chi connectivity index (χ3v) is 3.92. The van der Waals surface area contributed by atoms with Gasteiger partial charge < -0.3 is 42.6 Å².